The minimum Gasteiger partial charge on any atom is -0.477 e. The molecule has 23 heavy (non-hydrogen) atoms. The molecule has 6 nitrogen and oxygen atoms in total. The zero-order valence-corrected chi connectivity index (χ0v) is 13.3. The lowest BCUT2D eigenvalue weighted by atomic mass is 10.3. The molecule has 0 aliphatic carbocycles. The number of benzene rings is 1. The Kier molecular flexibility index (Phi) is 4.26. The average Bonchev–Trinajstić information content (AvgIpc) is 2.94. The second kappa shape index (κ2) is 6.35. The topological polar surface area (TPSA) is 96.6 Å². The molecule has 3 rings (SSSR count). The summed E-state index contributed by atoms with van der Waals surface area (Å²) >= 11 is 1.23. The molecule has 0 spiro atoms. The van der Waals surface area contributed by atoms with Gasteiger partial charge in [0.1, 0.15) is 5.56 Å². The summed E-state index contributed by atoms with van der Waals surface area (Å²) in [7, 11) is -1.21. The van der Waals surface area contributed by atoms with Crippen LogP contribution in [0.5, 0.6) is 0 Å². The van der Waals surface area contributed by atoms with Gasteiger partial charge in [0.2, 0.25) is 0 Å². The van der Waals surface area contributed by atoms with E-state index in [1.165, 1.54) is 17.4 Å². The molecule has 0 aliphatic rings. The van der Waals surface area contributed by atoms with Crippen LogP contribution >= 0.6 is 11.3 Å². The van der Waals surface area contributed by atoms with Crippen molar-refractivity contribution in [2.45, 2.75) is 4.90 Å². The Bertz CT molecular complexity index is 945. The fourth-order valence-electron chi connectivity index (χ4n) is 1.94. The lowest BCUT2D eigenvalue weighted by Crippen LogP contribution is -2.12. The number of carboxylic acids is 1. The fraction of sp³-hybridized carbons (Fsp3) is 0.0667. The second-order valence-electron chi connectivity index (χ2n) is 4.57. The van der Waals surface area contributed by atoms with Gasteiger partial charge in [-0.2, -0.15) is 0 Å². The van der Waals surface area contributed by atoms with Crippen LogP contribution in [-0.4, -0.2) is 21.2 Å². The van der Waals surface area contributed by atoms with E-state index in [1.54, 1.807) is 18.2 Å². The zero-order chi connectivity index (χ0) is 16.4. The molecule has 118 valence electrons. The highest BCUT2D eigenvalue weighted by Crippen LogP contribution is 2.29. The van der Waals surface area contributed by atoms with Gasteiger partial charge in [-0.15, -0.1) is 11.3 Å². The number of anilines is 1. The summed E-state index contributed by atoms with van der Waals surface area (Å²) in [5.41, 5.74) is -0.987. The van der Waals surface area contributed by atoms with Gasteiger partial charge in [-0.1, -0.05) is 18.2 Å². The van der Waals surface area contributed by atoms with E-state index >= 15 is 0 Å². The number of carbonyl (C=O) groups is 1. The van der Waals surface area contributed by atoms with Gasteiger partial charge in [0.25, 0.3) is 0 Å². The van der Waals surface area contributed by atoms with Crippen molar-refractivity contribution in [1.82, 2.24) is 0 Å². The van der Waals surface area contributed by atoms with Crippen LogP contribution in [0, 0.1) is 0 Å². The molecule has 0 bridgehead atoms. The average molecular weight is 349 g/mol. The standard InChI is InChI=1S/C15H11NO5S2/c17-14(18)10-6-12-11(21-15(10)19)7-13(22-12)16-8-23(20)9-4-2-1-3-5-9/h1-7,16H,8H2,(H,17,18). The molecule has 0 saturated carbocycles. The SMILES string of the molecule is O=C(O)c1cc2sc(NCS(=O)c3ccccc3)cc2oc1=O. The van der Waals surface area contributed by atoms with E-state index in [1.807, 2.05) is 18.2 Å². The summed E-state index contributed by atoms with van der Waals surface area (Å²) in [6, 6.07) is 11.9. The molecule has 8 heteroatoms. The van der Waals surface area contributed by atoms with Gasteiger partial charge in [0, 0.05) is 11.0 Å². The Morgan fingerprint density at radius 1 is 1.26 bits per heavy atom. The van der Waals surface area contributed by atoms with Crippen molar-refractivity contribution >= 4 is 43.4 Å². The third-order valence-electron chi connectivity index (χ3n) is 3.04. The molecular formula is C15H11NO5S2. The Hall–Kier alpha value is -2.45. The number of nitrogens with one attached hydrogen (secondary N) is 1. The quantitative estimate of drug-likeness (QED) is 0.735. The number of fused-ring (bicyclic) bond motifs is 1. The van der Waals surface area contributed by atoms with Gasteiger partial charge in [-0.25, -0.2) is 9.59 Å². The third kappa shape index (κ3) is 3.33. The Labute approximate surface area is 136 Å². The van der Waals surface area contributed by atoms with E-state index in [-0.39, 0.29) is 5.88 Å². The summed E-state index contributed by atoms with van der Waals surface area (Å²) in [5, 5.41) is 12.6. The predicted octanol–water partition coefficient (Wildman–Crippen LogP) is 2.73. The Morgan fingerprint density at radius 3 is 2.70 bits per heavy atom. The van der Waals surface area contributed by atoms with Gasteiger partial charge in [-0.3, -0.25) is 4.21 Å². The van der Waals surface area contributed by atoms with Crippen LogP contribution in [0.4, 0.5) is 5.00 Å². The molecule has 1 unspecified atom stereocenters. The molecule has 0 fully saturated rings. The smallest absolute Gasteiger partial charge is 0.351 e. The first-order chi connectivity index (χ1) is 11.0. The van der Waals surface area contributed by atoms with E-state index in [0.717, 1.165) is 0 Å². The van der Waals surface area contributed by atoms with Crippen LogP contribution < -0.4 is 10.9 Å². The van der Waals surface area contributed by atoms with E-state index in [9.17, 15) is 13.8 Å². The van der Waals surface area contributed by atoms with Crippen molar-refractivity contribution < 1.29 is 18.5 Å². The van der Waals surface area contributed by atoms with Crippen molar-refractivity contribution in [3.05, 3.63) is 58.4 Å². The van der Waals surface area contributed by atoms with E-state index in [0.29, 0.717) is 20.2 Å². The maximum absolute atomic E-state index is 12.1. The van der Waals surface area contributed by atoms with E-state index < -0.39 is 28.0 Å². The van der Waals surface area contributed by atoms with E-state index in [4.69, 9.17) is 9.52 Å². The summed E-state index contributed by atoms with van der Waals surface area (Å²) in [6.07, 6.45) is 0. The summed E-state index contributed by atoms with van der Waals surface area (Å²) in [6.45, 7) is 0. The molecule has 0 radical (unpaired) electrons. The predicted molar refractivity (Wildman–Crippen MR) is 88.7 cm³/mol. The zero-order valence-electron chi connectivity index (χ0n) is 11.6. The molecule has 2 N–H and O–H groups in total. The fourth-order valence-corrected chi connectivity index (χ4v) is 3.87. The van der Waals surface area contributed by atoms with Crippen LogP contribution in [0.2, 0.25) is 0 Å². The molecule has 0 aliphatic heterocycles. The molecule has 1 atom stereocenters. The van der Waals surface area contributed by atoms with Crippen LogP contribution in [0.3, 0.4) is 0 Å². The van der Waals surface area contributed by atoms with Gasteiger partial charge in [0.05, 0.1) is 26.4 Å². The molecule has 2 heterocycles. The Balaban J connectivity index is 1.80. The van der Waals surface area contributed by atoms with Crippen molar-refractivity contribution in [2.75, 3.05) is 11.2 Å². The van der Waals surface area contributed by atoms with Crippen LogP contribution in [0.15, 0.2) is 56.6 Å². The first-order valence-electron chi connectivity index (χ1n) is 6.53. The number of aromatic carboxylic acids is 1. The van der Waals surface area contributed by atoms with Gasteiger partial charge in [0.15, 0.2) is 5.58 Å². The summed E-state index contributed by atoms with van der Waals surface area (Å²) < 4.78 is 17.7. The van der Waals surface area contributed by atoms with Crippen molar-refractivity contribution in [3.8, 4) is 0 Å². The summed E-state index contributed by atoms with van der Waals surface area (Å²) in [4.78, 5) is 23.2. The second-order valence-corrected chi connectivity index (χ2v) is 7.11. The molecule has 3 aromatic rings. The third-order valence-corrected chi connectivity index (χ3v) is 5.26. The van der Waals surface area contributed by atoms with Gasteiger partial charge < -0.3 is 14.8 Å². The van der Waals surface area contributed by atoms with Gasteiger partial charge in [-0.05, 0) is 18.2 Å². The lowest BCUT2D eigenvalue weighted by Gasteiger charge is -2.03. The minimum absolute atomic E-state index is 0.201. The first kappa shape index (κ1) is 15.4. The highest BCUT2D eigenvalue weighted by atomic mass is 32.2. The van der Waals surface area contributed by atoms with Crippen LogP contribution in [-0.2, 0) is 10.8 Å². The van der Waals surface area contributed by atoms with E-state index in [2.05, 4.69) is 5.32 Å². The first-order valence-corrected chi connectivity index (χ1v) is 8.66. The normalized spacial score (nSPS) is 12.2. The van der Waals surface area contributed by atoms with Crippen LogP contribution in [0.1, 0.15) is 10.4 Å². The summed E-state index contributed by atoms with van der Waals surface area (Å²) in [5.74, 6) is -1.12. The van der Waals surface area contributed by atoms with Crippen molar-refractivity contribution in [1.29, 1.82) is 0 Å². The molecule has 1 aromatic carbocycles. The largest absolute Gasteiger partial charge is 0.477 e. The number of carboxylic acid groups (broad SMARTS) is 1. The monoisotopic (exact) mass is 349 g/mol. The number of hydrogen-bond donors (Lipinski definition) is 2. The van der Waals surface area contributed by atoms with Gasteiger partial charge >= 0.3 is 11.6 Å². The highest BCUT2D eigenvalue weighted by molar-refractivity contribution is 7.85. The lowest BCUT2D eigenvalue weighted by molar-refractivity contribution is 0.0692. The maximum Gasteiger partial charge on any atom is 0.351 e. The maximum atomic E-state index is 12.1. The number of rotatable bonds is 5. The Morgan fingerprint density at radius 2 is 2.00 bits per heavy atom. The number of thiophene rings is 1. The van der Waals surface area contributed by atoms with Crippen LogP contribution in [0.25, 0.3) is 10.3 Å². The highest BCUT2D eigenvalue weighted by Gasteiger charge is 2.14. The number of hydrogen-bond acceptors (Lipinski definition) is 6. The molecule has 0 saturated heterocycles. The molecular weight excluding hydrogens is 338 g/mol. The van der Waals surface area contributed by atoms with Crippen molar-refractivity contribution in [2.24, 2.45) is 0 Å². The minimum atomic E-state index is -1.33. The molecule has 2 aromatic heterocycles. The van der Waals surface area contributed by atoms with Crippen molar-refractivity contribution in [3.63, 3.8) is 0 Å². The molecule has 0 amide bonds.